The van der Waals surface area contributed by atoms with Crippen LogP contribution in [0, 0.1) is 0 Å². The van der Waals surface area contributed by atoms with Crippen molar-refractivity contribution in [2.24, 2.45) is 0 Å². The number of anilines is 4. The molecular weight excluding hydrogens is 442 g/mol. The summed E-state index contributed by atoms with van der Waals surface area (Å²) in [4.78, 5) is 18.6. The second-order valence-electron chi connectivity index (χ2n) is 9.20. The third-order valence-electron chi connectivity index (χ3n) is 7.06. The highest BCUT2D eigenvalue weighted by Crippen LogP contribution is 2.33. The number of piperazine rings is 2. The molecule has 0 radical (unpaired) electrons. The summed E-state index contributed by atoms with van der Waals surface area (Å²) >= 11 is 0. The van der Waals surface area contributed by atoms with Gasteiger partial charge < -0.3 is 29.9 Å². The van der Waals surface area contributed by atoms with E-state index in [1.54, 1.807) is 6.33 Å². The Hall–Kier alpha value is -3.72. The maximum absolute atomic E-state index is 6.64. The van der Waals surface area contributed by atoms with Crippen molar-refractivity contribution in [2.75, 3.05) is 79.6 Å². The Morgan fingerprint density at radius 1 is 0.714 bits per heavy atom. The van der Waals surface area contributed by atoms with Crippen molar-refractivity contribution in [3.8, 4) is 11.5 Å². The van der Waals surface area contributed by atoms with Gasteiger partial charge in [-0.15, -0.1) is 0 Å². The number of ether oxygens (including phenoxy) is 2. The number of aromatic nitrogens is 2. The van der Waals surface area contributed by atoms with Gasteiger partial charge in [0.25, 0.3) is 0 Å². The number of rotatable bonds is 5. The monoisotopic (exact) mass is 473 g/mol. The molecule has 0 atom stereocenters. The predicted octanol–water partition coefficient (Wildman–Crippen LogP) is 2.44. The maximum atomic E-state index is 6.64. The van der Waals surface area contributed by atoms with E-state index < -0.39 is 0 Å². The molecule has 0 saturated carbocycles. The van der Waals surface area contributed by atoms with Crippen molar-refractivity contribution in [3.63, 3.8) is 0 Å². The lowest BCUT2D eigenvalue weighted by Crippen LogP contribution is -2.48. The highest BCUT2D eigenvalue weighted by molar-refractivity contribution is 5.76. The van der Waals surface area contributed by atoms with E-state index in [1.807, 2.05) is 6.07 Å². The highest BCUT2D eigenvalue weighted by atomic mass is 16.7. The molecule has 3 aromatic rings. The quantitative estimate of drug-likeness (QED) is 0.601. The summed E-state index contributed by atoms with van der Waals surface area (Å²) < 4.78 is 10.9. The number of hydrogen-bond donors (Lipinski definition) is 1. The zero-order valence-corrected chi connectivity index (χ0v) is 19.8. The lowest BCUT2D eigenvalue weighted by atomic mass is 10.1. The molecule has 182 valence electrons. The number of nitrogens with zero attached hydrogens (tertiary/aromatic N) is 6. The van der Waals surface area contributed by atoms with Crippen LogP contribution in [0.4, 0.5) is 23.0 Å². The van der Waals surface area contributed by atoms with Gasteiger partial charge in [-0.2, -0.15) is 0 Å². The Balaban J connectivity index is 1.07. The summed E-state index contributed by atoms with van der Waals surface area (Å²) in [5, 5.41) is 0. The molecule has 3 aliphatic rings. The predicted molar refractivity (Wildman–Crippen MR) is 137 cm³/mol. The fraction of sp³-hybridized carbons (Fsp3) is 0.385. The van der Waals surface area contributed by atoms with Gasteiger partial charge in [0.1, 0.15) is 12.0 Å². The minimum atomic E-state index is 0.308. The molecule has 4 heterocycles. The van der Waals surface area contributed by atoms with E-state index in [2.05, 4.69) is 72.0 Å². The lowest BCUT2D eigenvalue weighted by Gasteiger charge is -2.38. The van der Waals surface area contributed by atoms with Crippen LogP contribution in [0.2, 0.25) is 0 Å². The molecule has 2 aromatic carbocycles. The molecule has 0 spiro atoms. The minimum absolute atomic E-state index is 0.308. The SMILES string of the molecule is Nc1c(N2CCN(Cc3ccc4c(c3)OCO4)CC2)ncnc1N1CCN(c2ccccc2)CC1. The van der Waals surface area contributed by atoms with Gasteiger partial charge in [0.05, 0.1) is 0 Å². The van der Waals surface area contributed by atoms with Gasteiger partial charge in [-0.05, 0) is 29.8 Å². The molecule has 6 rings (SSSR count). The molecule has 2 N–H and O–H groups in total. The van der Waals surface area contributed by atoms with Gasteiger partial charge >= 0.3 is 0 Å². The van der Waals surface area contributed by atoms with E-state index in [0.717, 1.165) is 82.0 Å². The number of nitrogen functional groups attached to an aromatic ring is 1. The topological polar surface area (TPSA) is 83.2 Å². The molecule has 0 bridgehead atoms. The lowest BCUT2D eigenvalue weighted by molar-refractivity contribution is 0.174. The number of fused-ring (bicyclic) bond motifs is 1. The van der Waals surface area contributed by atoms with E-state index in [4.69, 9.17) is 15.2 Å². The second-order valence-corrected chi connectivity index (χ2v) is 9.20. The summed E-state index contributed by atoms with van der Waals surface area (Å²) in [5.74, 6) is 3.37. The van der Waals surface area contributed by atoms with Crippen LogP contribution in [0.15, 0.2) is 54.9 Å². The average Bonchev–Trinajstić information content (AvgIpc) is 3.38. The number of para-hydroxylation sites is 1. The molecule has 9 heteroatoms. The number of hydrogen-bond acceptors (Lipinski definition) is 9. The third-order valence-corrected chi connectivity index (χ3v) is 7.06. The Kier molecular flexibility index (Phi) is 5.91. The van der Waals surface area contributed by atoms with Crippen molar-refractivity contribution >= 4 is 23.0 Å². The van der Waals surface area contributed by atoms with Crippen LogP contribution in [-0.4, -0.2) is 74.0 Å². The molecule has 0 unspecified atom stereocenters. The number of benzene rings is 2. The van der Waals surface area contributed by atoms with Crippen molar-refractivity contribution in [2.45, 2.75) is 6.54 Å². The van der Waals surface area contributed by atoms with Crippen molar-refractivity contribution < 1.29 is 9.47 Å². The fourth-order valence-electron chi connectivity index (χ4n) is 5.11. The van der Waals surface area contributed by atoms with E-state index in [0.29, 0.717) is 12.5 Å². The fourth-order valence-corrected chi connectivity index (χ4v) is 5.11. The average molecular weight is 474 g/mol. The molecular formula is C26H31N7O2. The summed E-state index contributed by atoms with van der Waals surface area (Å²) in [5.41, 5.74) is 9.83. The molecule has 3 aliphatic heterocycles. The standard InChI is InChI=1S/C26H31N7O2/c27-24-25(28-18-29-26(24)33-14-12-31(13-15-33)21-4-2-1-3-5-21)32-10-8-30(9-11-32)17-20-6-7-22-23(16-20)35-19-34-22/h1-7,16,18H,8-15,17,19,27H2. The summed E-state index contributed by atoms with van der Waals surface area (Å²) in [6.45, 7) is 8.52. The van der Waals surface area contributed by atoms with Crippen LogP contribution in [0.5, 0.6) is 11.5 Å². The summed E-state index contributed by atoms with van der Waals surface area (Å²) in [6, 6.07) is 16.8. The van der Waals surface area contributed by atoms with Crippen LogP contribution in [-0.2, 0) is 6.54 Å². The van der Waals surface area contributed by atoms with Gasteiger partial charge in [-0.1, -0.05) is 24.3 Å². The zero-order valence-electron chi connectivity index (χ0n) is 19.8. The van der Waals surface area contributed by atoms with Crippen molar-refractivity contribution in [3.05, 3.63) is 60.4 Å². The molecule has 2 saturated heterocycles. The Bertz CT molecular complexity index is 1160. The molecule has 2 fully saturated rings. The van der Waals surface area contributed by atoms with Crippen molar-refractivity contribution in [1.82, 2.24) is 14.9 Å². The normalized spacial score (nSPS) is 18.2. The smallest absolute Gasteiger partial charge is 0.231 e. The minimum Gasteiger partial charge on any atom is -0.454 e. The summed E-state index contributed by atoms with van der Waals surface area (Å²) in [7, 11) is 0. The van der Waals surface area contributed by atoms with Gasteiger partial charge in [0.15, 0.2) is 23.1 Å². The van der Waals surface area contributed by atoms with Crippen LogP contribution < -0.4 is 29.9 Å². The second kappa shape index (κ2) is 9.50. The first-order chi connectivity index (χ1) is 17.2. The van der Waals surface area contributed by atoms with Crippen LogP contribution in [0.1, 0.15) is 5.56 Å². The van der Waals surface area contributed by atoms with E-state index in [9.17, 15) is 0 Å². The van der Waals surface area contributed by atoms with Gasteiger partial charge in [-0.3, -0.25) is 4.90 Å². The largest absolute Gasteiger partial charge is 0.454 e. The van der Waals surface area contributed by atoms with E-state index in [1.165, 1.54) is 11.3 Å². The first kappa shape index (κ1) is 21.8. The molecule has 0 amide bonds. The van der Waals surface area contributed by atoms with Gasteiger partial charge in [-0.25, -0.2) is 9.97 Å². The Morgan fingerprint density at radius 2 is 1.34 bits per heavy atom. The van der Waals surface area contributed by atoms with E-state index in [-0.39, 0.29) is 0 Å². The molecule has 1 aromatic heterocycles. The summed E-state index contributed by atoms with van der Waals surface area (Å²) in [6.07, 6.45) is 1.66. The third kappa shape index (κ3) is 4.51. The maximum Gasteiger partial charge on any atom is 0.231 e. The van der Waals surface area contributed by atoms with Crippen molar-refractivity contribution in [1.29, 1.82) is 0 Å². The Labute approximate surface area is 205 Å². The first-order valence-electron chi connectivity index (χ1n) is 12.3. The zero-order chi connectivity index (χ0) is 23.6. The Morgan fingerprint density at radius 3 is 2.06 bits per heavy atom. The van der Waals surface area contributed by atoms with Crippen LogP contribution in [0.25, 0.3) is 0 Å². The molecule has 9 nitrogen and oxygen atoms in total. The van der Waals surface area contributed by atoms with Crippen LogP contribution in [0.3, 0.4) is 0 Å². The number of nitrogens with two attached hydrogens (primary N) is 1. The highest BCUT2D eigenvalue weighted by Gasteiger charge is 2.25. The molecule has 0 aliphatic carbocycles. The van der Waals surface area contributed by atoms with Crippen LogP contribution >= 0.6 is 0 Å². The first-order valence-corrected chi connectivity index (χ1v) is 12.3. The van der Waals surface area contributed by atoms with Gasteiger partial charge in [0.2, 0.25) is 6.79 Å². The van der Waals surface area contributed by atoms with Gasteiger partial charge in [0, 0.05) is 64.6 Å². The van der Waals surface area contributed by atoms with E-state index >= 15 is 0 Å². The molecule has 35 heavy (non-hydrogen) atoms.